The summed E-state index contributed by atoms with van der Waals surface area (Å²) in [4.78, 5) is 34.0. The Balaban J connectivity index is 2.89. The summed E-state index contributed by atoms with van der Waals surface area (Å²) in [5, 5.41) is 39.1. The summed E-state index contributed by atoms with van der Waals surface area (Å²) in [5.41, 5.74) is 10.6. The lowest BCUT2D eigenvalue weighted by Crippen LogP contribution is -2.51. The quantitative estimate of drug-likeness (QED) is 0.228. The van der Waals surface area contributed by atoms with Gasteiger partial charge < -0.3 is 41.8 Å². The van der Waals surface area contributed by atoms with Gasteiger partial charge in [-0.25, -0.2) is 9.59 Å². The first-order valence-electron chi connectivity index (χ1n) is 7.61. The van der Waals surface area contributed by atoms with Crippen molar-refractivity contribution in [2.24, 2.45) is 11.5 Å². The minimum absolute atomic E-state index is 0.00876. The van der Waals surface area contributed by atoms with Gasteiger partial charge in [0.2, 0.25) is 17.7 Å². The molecule has 4 atom stereocenters. The van der Waals surface area contributed by atoms with E-state index in [-0.39, 0.29) is 24.6 Å². The lowest BCUT2D eigenvalue weighted by Gasteiger charge is -2.20. The van der Waals surface area contributed by atoms with Crippen LogP contribution in [0.3, 0.4) is 0 Å². The first kappa shape index (κ1) is 21.3. The highest BCUT2D eigenvalue weighted by Crippen LogP contribution is 2.19. The molecule has 0 radical (unpaired) electrons. The van der Waals surface area contributed by atoms with Crippen LogP contribution in [0, 0.1) is 0 Å². The van der Waals surface area contributed by atoms with Gasteiger partial charge in [0.05, 0.1) is 12.7 Å². The van der Waals surface area contributed by atoms with E-state index in [0.717, 1.165) is 0 Å². The first-order chi connectivity index (χ1) is 12.1. The van der Waals surface area contributed by atoms with E-state index in [9.17, 15) is 19.5 Å². The van der Waals surface area contributed by atoms with Crippen LogP contribution in [0.1, 0.15) is 43.6 Å². The smallest absolute Gasteiger partial charge is 0.328 e. The zero-order valence-corrected chi connectivity index (χ0v) is 14.0. The molecule has 9 N–H and O–H groups in total. The van der Waals surface area contributed by atoms with Gasteiger partial charge in [0, 0.05) is 6.42 Å². The summed E-state index contributed by atoms with van der Waals surface area (Å²) >= 11 is 0. The molecule has 1 rings (SSSR count). The number of urea groups is 1. The fourth-order valence-corrected chi connectivity index (χ4v) is 1.89. The predicted octanol–water partition coefficient (Wildman–Crippen LogP) is -2.50. The molecule has 13 nitrogen and oxygen atoms in total. The number of nitrogens with two attached hydrogens (primary N) is 2. The molecule has 1 unspecified atom stereocenters. The Hall–Kier alpha value is -2.77. The van der Waals surface area contributed by atoms with Crippen molar-refractivity contribution in [3.05, 3.63) is 11.8 Å². The van der Waals surface area contributed by atoms with Crippen molar-refractivity contribution < 1.29 is 34.1 Å². The van der Waals surface area contributed by atoms with Crippen LogP contribution in [-0.4, -0.2) is 62.2 Å². The molecule has 0 aromatic carbocycles. The number of aliphatic hydroxyl groups excluding tert-OH is 2. The number of carbonyl (C=O) groups is 3. The number of aliphatic hydroxyl groups is 2. The third-order valence-electron chi connectivity index (χ3n) is 3.29. The maximum atomic E-state index is 12.0. The SMILES string of the molecule is CC(O)[C@H](NC(=O)N[C@@H](CCC(N)=O)c1nnc([C@@H](N)CO)o1)C(=O)O. The molecule has 0 spiro atoms. The minimum Gasteiger partial charge on any atom is -0.480 e. The van der Waals surface area contributed by atoms with E-state index < -0.39 is 48.7 Å². The van der Waals surface area contributed by atoms with Crippen LogP contribution < -0.4 is 22.1 Å². The number of nitrogens with zero attached hydrogens (tertiary/aromatic N) is 2. The molecule has 146 valence electrons. The molecule has 0 bridgehead atoms. The van der Waals surface area contributed by atoms with Crippen molar-refractivity contribution in [3.8, 4) is 0 Å². The van der Waals surface area contributed by atoms with Crippen molar-refractivity contribution in [2.45, 2.75) is 44.0 Å². The van der Waals surface area contributed by atoms with Crippen molar-refractivity contribution in [2.75, 3.05) is 6.61 Å². The largest absolute Gasteiger partial charge is 0.480 e. The summed E-state index contributed by atoms with van der Waals surface area (Å²) in [5.74, 6) is -2.26. The van der Waals surface area contributed by atoms with Crippen LogP contribution in [0.2, 0.25) is 0 Å². The number of aromatic nitrogens is 2. The standard InChI is InChI=1S/C13H22N6O7/c1-5(21)9(12(23)24)17-13(25)16-7(2-3-8(15)22)11-19-18-10(26-11)6(14)4-20/h5-7,9,20-21H,2-4,14H2,1H3,(H2,15,22)(H,23,24)(H2,16,17,25)/t5?,6-,7-,9-/m0/s1. The van der Waals surface area contributed by atoms with Gasteiger partial charge >= 0.3 is 12.0 Å². The Morgan fingerprint density at radius 2 is 1.85 bits per heavy atom. The number of rotatable bonds is 10. The lowest BCUT2D eigenvalue weighted by molar-refractivity contribution is -0.141. The molecule has 0 saturated heterocycles. The molecule has 3 amide bonds. The van der Waals surface area contributed by atoms with E-state index in [1.807, 2.05) is 0 Å². The highest BCUT2D eigenvalue weighted by atomic mass is 16.4. The van der Waals surface area contributed by atoms with Crippen LogP contribution in [0.4, 0.5) is 4.79 Å². The maximum absolute atomic E-state index is 12.0. The summed E-state index contributed by atoms with van der Waals surface area (Å²) in [6.07, 6.45) is -1.49. The predicted molar refractivity (Wildman–Crippen MR) is 84.3 cm³/mol. The molecular formula is C13H22N6O7. The summed E-state index contributed by atoms with van der Waals surface area (Å²) < 4.78 is 5.26. The minimum atomic E-state index is -1.55. The number of carboxylic acids is 1. The number of nitrogens with one attached hydrogen (secondary N) is 2. The molecule has 13 heteroatoms. The van der Waals surface area contributed by atoms with E-state index in [1.165, 1.54) is 6.92 Å². The lowest BCUT2D eigenvalue weighted by atomic mass is 10.1. The van der Waals surface area contributed by atoms with Crippen LogP contribution >= 0.6 is 0 Å². The van der Waals surface area contributed by atoms with Crippen molar-refractivity contribution in [3.63, 3.8) is 0 Å². The van der Waals surface area contributed by atoms with E-state index in [2.05, 4.69) is 20.8 Å². The van der Waals surface area contributed by atoms with E-state index in [4.69, 9.17) is 26.1 Å². The van der Waals surface area contributed by atoms with Gasteiger partial charge in [-0.1, -0.05) is 0 Å². The van der Waals surface area contributed by atoms with E-state index >= 15 is 0 Å². The van der Waals surface area contributed by atoms with Crippen LogP contribution in [0.5, 0.6) is 0 Å². The number of primary amides is 1. The molecule has 1 aromatic heterocycles. The number of amides is 3. The molecule has 1 heterocycles. The number of carbonyl (C=O) groups excluding carboxylic acids is 2. The number of hydrogen-bond acceptors (Lipinski definition) is 9. The Morgan fingerprint density at radius 3 is 2.35 bits per heavy atom. The summed E-state index contributed by atoms with van der Waals surface area (Å²) in [6, 6.07) is -4.39. The van der Waals surface area contributed by atoms with Crippen LogP contribution in [-0.2, 0) is 9.59 Å². The highest BCUT2D eigenvalue weighted by Gasteiger charge is 2.28. The monoisotopic (exact) mass is 374 g/mol. The van der Waals surface area contributed by atoms with Gasteiger partial charge in [-0.05, 0) is 13.3 Å². The molecule has 0 aliphatic heterocycles. The van der Waals surface area contributed by atoms with Crippen LogP contribution in [0.25, 0.3) is 0 Å². The Bertz CT molecular complexity index is 634. The normalized spacial score (nSPS) is 15.5. The van der Waals surface area contributed by atoms with Crippen molar-refractivity contribution >= 4 is 17.9 Å². The average Bonchev–Trinajstić information content (AvgIpc) is 3.04. The Labute approximate surface area is 147 Å². The zero-order chi connectivity index (χ0) is 19.9. The third kappa shape index (κ3) is 6.27. The van der Waals surface area contributed by atoms with Crippen molar-refractivity contribution in [1.82, 2.24) is 20.8 Å². The fourth-order valence-electron chi connectivity index (χ4n) is 1.89. The molecular weight excluding hydrogens is 352 g/mol. The van der Waals surface area contributed by atoms with E-state index in [1.54, 1.807) is 0 Å². The van der Waals surface area contributed by atoms with Gasteiger partial charge in [-0.2, -0.15) is 0 Å². The summed E-state index contributed by atoms with van der Waals surface area (Å²) in [6.45, 7) is 0.750. The molecule has 0 aliphatic rings. The summed E-state index contributed by atoms with van der Waals surface area (Å²) in [7, 11) is 0. The van der Waals surface area contributed by atoms with Gasteiger partial charge in [-0.3, -0.25) is 4.79 Å². The number of aliphatic carboxylic acids is 1. The molecule has 26 heavy (non-hydrogen) atoms. The second-order valence-electron chi connectivity index (χ2n) is 5.50. The number of carboxylic acid groups (broad SMARTS) is 1. The first-order valence-corrected chi connectivity index (χ1v) is 7.61. The van der Waals surface area contributed by atoms with Gasteiger partial charge in [0.25, 0.3) is 0 Å². The van der Waals surface area contributed by atoms with E-state index in [0.29, 0.717) is 0 Å². The van der Waals surface area contributed by atoms with Gasteiger partial charge in [0.15, 0.2) is 6.04 Å². The Kier molecular flexibility index (Phi) is 7.89. The molecule has 0 aliphatic carbocycles. The zero-order valence-electron chi connectivity index (χ0n) is 14.0. The second kappa shape index (κ2) is 9.65. The third-order valence-corrected chi connectivity index (χ3v) is 3.29. The topological polar surface area (TPSA) is 227 Å². The van der Waals surface area contributed by atoms with Gasteiger partial charge in [-0.15, -0.1) is 10.2 Å². The fraction of sp³-hybridized carbons (Fsp3) is 0.615. The molecule has 0 fully saturated rings. The average molecular weight is 374 g/mol. The molecule has 1 aromatic rings. The second-order valence-corrected chi connectivity index (χ2v) is 5.50. The van der Waals surface area contributed by atoms with Gasteiger partial charge in [0.1, 0.15) is 12.1 Å². The van der Waals surface area contributed by atoms with Crippen molar-refractivity contribution in [1.29, 1.82) is 0 Å². The Morgan fingerprint density at radius 1 is 1.23 bits per heavy atom. The number of hydrogen-bond donors (Lipinski definition) is 7. The van der Waals surface area contributed by atoms with Crippen LogP contribution in [0.15, 0.2) is 4.42 Å². The maximum Gasteiger partial charge on any atom is 0.328 e. The molecule has 0 saturated carbocycles. The highest BCUT2D eigenvalue weighted by molar-refractivity contribution is 5.83.